The third kappa shape index (κ3) is 2.34. The first kappa shape index (κ1) is 11.7. The lowest BCUT2D eigenvalue weighted by atomic mass is 10.1. The van der Waals surface area contributed by atoms with Crippen molar-refractivity contribution in [3.63, 3.8) is 0 Å². The Hall–Kier alpha value is -0.390. The molecule has 1 unspecified atom stereocenters. The van der Waals surface area contributed by atoms with Crippen LogP contribution in [0.15, 0.2) is 16.6 Å². The van der Waals surface area contributed by atoms with Crippen molar-refractivity contribution in [2.75, 3.05) is 0 Å². The van der Waals surface area contributed by atoms with E-state index in [2.05, 4.69) is 15.9 Å². The monoisotopic (exact) mass is 285 g/mol. The third-order valence-corrected chi connectivity index (χ3v) is 2.51. The quantitative estimate of drug-likeness (QED) is 0.877. The summed E-state index contributed by atoms with van der Waals surface area (Å²) in [5, 5.41) is 9.66. The van der Waals surface area contributed by atoms with Gasteiger partial charge in [-0.1, -0.05) is 11.6 Å². The fourth-order valence-corrected chi connectivity index (χ4v) is 1.81. The van der Waals surface area contributed by atoms with Gasteiger partial charge >= 0.3 is 0 Å². The molecule has 0 amide bonds. The largest absolute Gasteiger partial charge is 0.506 e. The minimum atomic E-state index is -2.74. The molecule has 0 fully saturated rings. The molecule has 0 spiro atoms. The highest BCUT2D eigenvalue weighted by atomic mass is 79.9. The second kappa shape index (κ2) is 4.42. The average molecular weight is 287 g/mol. The van der Waals surface area contributed by atoms with Crippen LogP contribution in [0.1, 0.15) is 11.6 Å². The summed E-state index contributed by atoms with van der Waals surface area (Å²) in [5.41, 5.74) is 5.12. The first-order valence-corrected chi connectivity index (χ1v) is 4.82. The molecule has 1 atom stereocenters. The second-order valence-electron chi connectivity index (χ2n) is 2.69. The molecule has 0 saturated heterocycles. The van der Waals surface area contributed by atoms with Crippen molar-refractivity contribution in [1.82, 2.24) is 0 Å². The van der Waals surface area contributed by atoms with Gasteiger partial charge in [0.15, 0.2) is 0 Å². The van der Waals surface area contributed by atoms with E-state index in [0.717, 1.165) is 0 Å². The van der Waals surface area contributed by atoms with Crippen LogP contribution < -0.4 is 5.73 Å². The molecule has 1 rings (SSSR count). The summed E-state index contributed by atoms with van der Waals surface area (Å²) in [5.74, 6) is -0.304. The number of phenolic OH excluding ortho intramolecular Hbond substituents is 1. The lowest BCUT2D eigenvalue weighted by molar-refractivity contribution is 0.115. The summed E-state index contributed by atoms with van der Waals surface area (Å²) in [4.78, 5) is 0. The molecule has 78 valence electrons. The highest BCUT2D eigenvalue weighted by Crippen LogP contribution is 2.35. The number of phenols is 1. The number of halogens is 4. The van der Waals surface area contributed by atoms with Crippen LogP contribution in [0.4, 0.5) is 8.78 Å². The van der Waals surface area contributed by atoms with E-state index in [4.69, 9.17) is 17.3 Å². The zero-order valence-corrected chi connectivity index (χ0v) is 9.19. The molecule has 0 radical (unpaired) electrons. The van der Waals surface area contributed by atoms with Crippen LogP contribution in [-0.2, 0) is 0 Å². The Balaban J connectivity index is 3.20. The minimum absolute atomic E-state index is 0.0700. The summed E-state index contributed by atoms with van der Waals surface area (Å²) in [7, 11) is 0. The number of benzene rings is 1. The second-order valence-corrected chi connectivity index (χ2v) is 3.98. The van der Waals surface area contributed by atoms with Gasteiger partial charge in [0.05, 0.1) is 10.5 Å². The van der Waals surface area contributed by atoms with Crippen molar-refractivity contribution < 1.29 is 13.9 Å². The van der Waals surface area contributed by atoms with Crippen LogP contribution in [0.25, 0.3) is 0 Å². The molecular formula is C8H7BrClF2NO. The summed E-state index contributed by atoms with van der Waals surface area (Å²) in [6.45, 7) is 0. The van der Waals surface area contributed by atoms with E-state index in [1.54, 1.807) is 0 Å². The first-order valence-electron chi connectivity index (χ1n) is 3.65. The van der Waals surface area contributed by atoms with Crippen molar-refractivity contribution >= 4 is 27.5 Å². The topological polar surface area (TPSA) is 46.2 Å². The van der Waals surface area contributed by atoms with E-state index in [1.807, 2.05) is 0 Å². The van der Waals surface area contributed by atoms with Crippen LogP contribution in [0.3, 0.4) is 0 Å². The van der Waals surface area contributed by atoms with Crippen molar-refractivity contribution in [3.8, 4) is 5.75 Å². The molecule has 0 aliphatic rings. The summed E-state index contributed by atoms with van der Waals surface area (Å²) in [6, 6.07) is 1.09. The van der Waals surface area contributed by atoms with Gasteiger partial charge in [0.25, 0.3) is 6.43 Å². The lowest BCUT2D eigenvalue weighted by Gasteiger charge is -2.13. The maximum Gasteiger partial charge on any atom is 0.257 e. The Morgan fingerprint density at radius 1 is 1.43 bits per heavy atom. The molecule has 2 nitrogen and oxygen atoms in total. The Bertz CT molecular complexity index is 348. The third-order valence-electron chi connectivity index (χ3n) is 1.69. The van der Waals surface area contributed by atoms with Gasteiger partial charge in [-0.2, -0.15) is 0 Å². The van der Waals surface area contributed by atoms with Gasteiger partial charge in [-0.25, -0.2) is 8.78 Å². The van der Waals surface area contributed by atoms with Crippen LogP contribution in [0, 0.1) is 0 Å². The van der Waals surface area contributed by atoms with Crippen molar-refractivity contribution in [2.24, 2.45) is 5.73 Å². The molecule has 0 saturated carbocycles. The van der Waals surface area contributed by atoms with Gasteiger partial charge < -0.3 is 10.8 Å². The SMILES string of the molecule is NC(c1cc(Cl)cc(Br)c1O)C(F)F. The number of alkyl halides is 2. The van der Waals surface area contributed by atoms with Crippen molar-refractivity contribution in [1.29, 1.82) is 0 Å². The minimum Gasteiger partial charge on any atom is -0.506 e. The standard InChI is InChI=1S/C8H7BrClF2NO/c9-5-2-3(10)1-4(7(5)14)6(13)8(11)12/h1-2,6,8,14H,13H2. The molecule has 0 bridgehead atoms. The molecule has 6 heteroatoms. The molecule has 0 aromatic heterocycles. The number of nitrogens with two attached hydrogens (primary N) is 1. The van der Waals surface area contributed by atoms with Crippen LogP contribution in [-0.4, -0.2) is 11.5 Å². The van der Waals surface area contributed by atoms with E-state index in [0.29, 0.717) is 0 Å². The molecule has 14 heavy (non-hydrogen) atoms. The molecular weight excluding hydrogens is 279 g/mol. The Morgan fingerprint density at radius 3 is 2.50 bits per heavy atom. The number of aromatic hydroxyl groups is 1. The lowest BCUT2D eigenvalue weighted by Crippen LogP contribution is -2.19. The normalized spacial score (nSPS) is 13.3. The van der Waals surface area contributed by atoms with Crippen LogP contribution in [0.5, 0.6) is 5.75 Å². The zero-order valence-electron chi connectivity index (χ0n) is 6.85. The molecule has 1 aromatic rings. The Labute approximate surface area is 92.8 Å². The van der Waals surface area contributed by atoms with E-state index >= 15 is 0 Å². The fraction of sp³-hybridized carbons (Fsp3) is 0.250. The molecule has 0 aliphatic carbocycles. The molecule has 1 aromatic carbocycles. The van der Waals surface area contributed by atoms with Gasteiger partial charge in [-0.15, -0.1) is 0 Å². The predicted octanol–water partition coefficient (Wildman–Crippen LogP) is 3.07. The maximum absolute atomic E-state index is 12.3. The molecule has 0 heterocycles. The smallest absolute Gasteiger partial charge is 0.257 e. The molecule has 3 N–H and O–H groups in total. The van der Waals surface area contributed by atoms with Crippen LogP contribution >= 0.6 is 27.5 Å². The first-order chi connectivity index (χ1) is 6.43. The van der Waals surface area contributed by atoms with E-state index in [1.165, 1.54) is 12.1 Å². The van der Waals surface area contributed by atoms with Crippen LogP contribution in [0.2, 0.25) is 5.02 Å². The average Bonchev–Trinajstić information content (AvgIpc) is 2.09. The van der Waals surface area contributed by atoms with Crippen molar-refractivity contribution in [2.45, 2.75) is 12.5 Å². The summed E-state index contributed by atoms with van der Waals surface area (Å²) in [6.07, 6.45) is -2.74. The molecule has 0 aliphatic heterocycles. The number of rotatable bonds is 2. The highest BCUT2D eigenvalue weighted by molar-refractivity contribution is 9.10. The van der Waals surface area contributed by atoms with Crippen molar-refractivity contribution in [3.05, 3.63) is 27.2 Å². The number of hydrogen-bond donors (Lipinski definition) is 2. The Morgan fingerprint density at radius 2 is 2.00 bits per heavy atom. The van der Waals surface area contributed by atoms with Gasteiger partial charge in [-0.3, -0.25) is 0 Å². The maximum atomic E-state index is 12.3. The van der Waals surface area contributed by atoms with E-state index in [9.17, 15) is 13.9 Å². The number of hydrogen-bond acceptors (Lipinski definition) is 2. The van der Waals surface area contributed by atoms with E-state index < -0.39 is 12.5 Å². The van der Waals surface area contributed by atoms with Gasteiger partial charge in [0.2, 0.25) is 0 Å². The predicted molar refractivity (Wildman–Crippen MR) is 53.7 cm³/mol. The summed E-state index contributed by atoms with van der Waals surface area (Å²) >= 11 is 8.61. The summed E-state index contributed by atoms with van der Waals surface area (Å²) < 4.78 is 24.8. The van der Waals surface area contributed by atoms with Gasteiger partial charge in [0.1, 0.15) is 5.75 Å². The fourth-order valence-electron chi connectivity index (χ4n) is 0.976. The van der Waals surface area contributed by atoms with Gasteiger partial charge in [0, 0.05) is 10.6 Å². The highest BCUT2D eigenvalue weighted by Gasteiger charge is 2.22. The van der Waals surface area contributed by atoms with Gasteiger partial charge in [-0.05, 0) is 28.1 Å². The Kier molecular flexibility index (Phi) is 3.69. The van der Waals surface area contributed by atoms with E-state index in [-0.39, 0.29) is 20.8 Å². The zero-order chi connectivity index (χ0) is 10.9.